The maximum absolute atomic E-state index is 14.2. The molecular weight excluding hydrogens is 307 g/mol. The van der Waals surface area contributed by atoms with E-state index in [-0.39, 0.29) is 17.6 Å². The smallest absolute Gasteiger partial charge is 0.257 e. The van der Waals surface area contributed by atoms with Crippen LogP contribution in [0.15, 0.2) is 42.7 Å². The van der Waals surface area contributed by atoms with Gasteiger partial charge in [-0.3, -0.25) is 9.78 Å². The highest BCUT2D eigenvalue weighted by Gasteiger charge is 2.25. The highest BCUT2D eigenvalue weighted by atomic mass is 19.1. The van der Waals surface area contributed by atoms with Crippen LogP contribution in [0.4, 0.5) is 4.39 Å². The lowest BCUT2D eigenvalue weighted by Gasteiger charge is -2.26. The van der Waals surface area contributed by atoms with Gasteiger partial charge in [-0.2, -0.15) is 0 Å². The Morgan fingerprint density at radius 2 is 2.12 bits per heavy atom. The van der Waals surface area contributed by atoms with Crippen LogP contribution in [0.5, 0.6) is 0 Å². The zero-order chi connectivity index (χ0) is 16.9. The van der Waals surface area contributed by atoms with E-state index >= 15 is 0 Å². The van der Waals surface area contributed by atoms with E-state index in [1.54, 1.807) is 36.4 Å². The number of pyridine rings is 1. The van der Waals surface area contributed by atoms with Crippen molar-refractivity contribution in [2.45, 2.75) is 32.4 Å². The topological polar surface area (TPSA) is 42.4 Å². The second kappa shape index (κ2) is 7.53. The van der Waals surface area contributed by atoms with Crippen molar-refractivity contribution in [3.63, 3.8) is 0 Å². The molecule has 0 bridgehead atoms. The minimum Gasteiger partial charge on any atom is -0.376 e. The molecule has 0 saturated carbocycles. The highest BCUT2D eigenvalue weighted by molar-refractivity contribution is 5.94. The number of ether oxygens (including phenoxy) is 1. The van der Waals surface area contributed by atoms with Gasteiger partial charge in [0.2, 0.25) is 0 Å². The van der Waals surface area contributed by atoms with Crippen LogP contribution in [0.25, 0.3) is 0 Å². The van der Waals surface area contributed by atoms with E-state index in [0.717, 1.165) is 30.6 Å². The fraction of sp³-hybridized carbons (Fsp3) is 0.368. The zero-order valence-electron chi connectivity index (χ0n) is 13.7. The molecule has 1 atom stereocenters. The number of amides is 1. The minimum absolute atomic E-state index is 0.0179. The number of aryl methyl sites for hydroxylation is 1. The van der Waals surface area contributed by atoms with Crippen LogP contribution in [0, 0.1) is 12.7 Å². The summed E-state index contributed by atoms with van der Waals surface area (Å²) >= 11 is 0. The van der Waals surface area contributed by atoms with Gasteiger partial charge in [-0.05, 0) is 55.2 Å². The molecule has 1 aliphatic heterocycles. The van der Waals surface area contributed by atoms with Crippen molar-refractivity contribution in [3.05, 3.63) is 65.2 Å². The fourth-order valence-electron chi connectivity index (χ4n) is 2.93. The second-order valence-electron chi connectivity index (χ2n) is 6.16. The summed E-state index contributed by atoms with van der Waals surface area (Å²) in [7, 11) is 0. The van der Waals surface area contributed by atoms with Crippen molar-refractivity contribution < 1.29 is 13.9 Å². The van der Waals surface area contributed by atoms with E-state index in [9.17, 15) is 9.18 Å². The van der Waals surface area contributed by atoms with Gasteiger partial charge in [-0.25, -0.2) is 4.39 Å². The SMILES string of the molecule is Cc1ccc(C(=O)N(Cc2ccncc2)C[C@@H]2CCCO2)c(F)c1. The van der Waals surface area contributed by atoms with Crippen molar-refractivity contribution in [1.29, 1.82) is 0 Å². The third kappa shape index (κ3) is 3.97. The third-order valence-corrected chi connectivity index (χ3v) is 4.21. The lowest BCUT2D eigenvalue weighted by atomic mass is 10.1. The number of nitrogens with zero attached hydrogens (tertiary/aromatic N) is 2. The van der Waals surface area contributed by atoms with E-state index in [2.05, 4.69) is 4.98 Å². The van der Waals surface area contributed by atoms with Gasteiger partial charge in [-0.15, -0.1) is 0 Å². The number of carbonyl (C=O) groups is 1. The van der Waals surface area contributed by atoms with Gasteiger partial charge in [0.05, 0.1) is 11.7 Å². The monoisotopic (exact) mass is 328 g/mol. The van der Waals surface area contributed by atoms with Gasteiger partial charge in [0.1, 0.15) is 5.82 Å². The molecule has 1 fully saturated rings. The largest absolute Gasteiger partial charge is 0.376 e. The van der Waals surface area contributed by atoms with Gasteiger partial charge in [0.15, 0.2) is 0 Å². The number of benzene rings is 1. The molecule has 1 aliphatic rings. The summed E-state index contributed by atoms with van der Waals surface area (Å²) in [5, 5.41) is 0. The third-order valence-electron chi connectivity index (χ3n) is 4.21. The lowest BCUT2D eigenvalue weighted by molar-refractivity contribution is 0.0503. The molecule has 0 radical (unpaired) electrons. The summed E-state index contributed by atoms with van der Waals surface area (Å²) in [5.41, 5.74) is 1.86. The first-order chi connectivity index (χ1) is 11.6. The van der Waals surface area contributed by atoms with Crippen LogP contribution in [0.3, 0.4) is 0 Å². The highest BCUT2D eigenvalue weighted by Crippen LogP contribution is 2.19. The average molecular weight is 328 g/mol. The van der Waals surface area contributed by atoms with Gasteiger partial charge in [0, 0.05) is 32.1 Å². The molecular formula is C19H21FN2O2. The quantitative estimate of drug-likeness (QED) is 0.845. The van der Waals surface area contributed by atoms with Crippen LogP contribution < -0.4 is 0 Å². The molecule has 1 aromatic heterocycles. The Kier molecular flexibility index (Phi) is 5.20. The molecule has 1 amide bonds. The molecule has 3 rings (SSSR count). The molecule has 2 aromatic rings. The van der Waals surface area contributed by atoms with Gasteiger partial charge >= 0.3 is 0 Å². The Hall–Kier alpha value is -2.27. The van der Waals surface area contributed by atoms with Gasteiger partial charge in [-0.1, -0.05) is 6.07 Å². The van der Waals surface area contributed by atoms with E-state index < -0.39 is 5.82 Å². The Morgan fingerprint density at radius 1 is 1.33 bits per heavy atom. The number of halogens is 1. The normalized spacial score (nSPS) is 17.0. The number of hydrogen-bond donors (Lipinski definition) is 0. The van der Waals surface area contributed by atoms with Crippen molar-refractivity contribution in [2.24, 2.45) is 0 Å². The van der Waals surface area contributed by atoms with Crippen LogP contribution in [0.1, 0.15) is 34.3 Å². The zero-order valence-corrected chi connectivity index (χ0v) is 13.7. The number of rotatable bonds is 5. The van der Waals surface area contributed by atoms with E-state index in [1.165, 1.54) is 6.07 Å². The van der Waals surface area contributed by atoms with Crippen molar-refractivity contribution in [2.75, 3.05) is 13.2 Å². The predicted octanol–water partition coefficient (Wildman–Crippen LogP) is 3.35. The molecule has 5 heteroatoms. The van der Waals surface area contributed by atoms with E-state index in [0.29, 0.717) is 13.1 Å². The molecule has 0 aliphatic carbocycles. The number of carbonyl (C=O) groups excluding carboxylic acids is 1. The first-order valence-electron chi connectivity index (χ1n) is 8.19. The summed E-state index contributed by atoms with van der Waals surface area (Å²) in [6, 6.07) is 8.43. The summed E-state index contributed by atoms with van der Waals surface area (Å²) < 4.78 is 19.9. The molecule has 0 unspecified atom stereocenters. The lowest BCUT2D eigenvalue weighted by Crippen LogP contribution is -2.37. The van der Waals surface area contributed by atoms with Crippen LogP contribution in [0.2, 0.25) is 0 Å². The molecule has 0 spiro atoms. The van der Waals surface area contributed by atoms with Crippen molar-refractivity contribution >= 4 is 5.91 Å². The first-order valence-corrected chi connectivity index (χ1v) is 8.19. The average Bonchev–Trinajstić information content (AvgIpc) is 3.08. The number of hydrogen-bond acceptors (Lipinski definition) is 3. The maximum atomic E-state index is 14.2. The van der Waals surface area contributed by atoms with E-state index in [1.807, 2.05) is 12.1 Å². The number of aromatic nitrogens is 1. The molecule has 1 aromatic carbocycles. The Morgan fingerprint density at radius 3 is 2.79 bits per heavy atom. The molecule has 126 valence electrons. The van der Waals surface area contributed by atoms with Crippen molar-refractivity contribution in [1.82, 2.24) is 9.88 Å². The maximum Gasteiger partial charge on any atom is 0.257 e. The molecule has 1 saturated heterocycles. The van der Waals surface area contributed by atoms with Crippen LogP contribution >= 0.6 is 0 Å². The second-order valence-corrected chi connectivity index (χ2v) is 6.16. The Balaban J connectivity index is 1.83. The summed E-state index contributed by atoms with van der Waals surface area (Å²) in [5.74, 6) is -0.785. The summed E-state index contributed by atoms with van der Waals surface area (Å²) in [4.78, 5) is 18.5. The Bertz CT molecular complexity index is 700. The summed E-state index contributed by atoms with van der Waals surface area (Å²) in [6.45, 7) is 3.41. The van der Waals surface area contributed by atoms with Gasteiger partial charge in [0.25, 0.3) is 5.91 Å². The fourth-order valence-corrected chi connectivity index (χ4v) is 2.93. The van der Waals surface area contributed by atoms with Gasteiger partial charge < -0.3 is 9.64 Å². The van der Waals surface area contributed by atoms with E-state index in [4.69, 9.17) is 4.74 Å². The molecule has 0 N–H and O–H groups in total. The molecule has 2 heterocycles. The molecule has 4 nitrogen and oxygen atoms in total. The first kappa shape index (κ1) is 16.6. The Labute approximate surface area is 141 Å². The van der Waals surface area contributed by atoms with Crippen molar-refractivity contribution in [3.8, 4) is 0 Å². The summed E-state index contributed by atoms with van der Waals surface area (Å²) in [6.07, 6.45) is 5.33. The molecule has 24 heavy (non-hydrogen) atoms. The standard InChI is InChI=1S/C19H21FN2O2/c1-14-4-5-17(18(20)11-14)19(23)22(13-16-3-2-10-24-16)12-15-6-8-21-9-7-15/h4-9,11,16H,2-3,10,12-13H2,1H3/t16-/m0/s1. The van der Waals surface area contributed by atoms with Crippen LogP contribution in [-0.4, -0.2) is 35.0 Å². The minimum atomic E-state index is -0.480. The predicted molar refractivity (Wildman–Crippen MR) is 89.1 cm³/mol. The van der Waals surface area contributed by atoms with Crippen LogP contribution in [-0.2, 0) is 11.3 Å².